The van der Waals surface area contributed by atoms with Gasteiger partial charge in [0.15, 0.2) is 0 Å². The Kier molecular flexibility index (Phi) is 4.10. The van der Waals surface area contributed by atoms with Gasteiger partial charge < -0.3 is 0 Å². The van der Waals surface area contributed by atoms with Gasteiger partial charge in [0.2, 0.25) is 0 Å². The largest absolute Gasteiger partial charge is 0.247 e. The topological polar surface area (TPSA) is 0 Å². The Hall–Kier alpha value is -0.00506. The Morgan fingerprint density at radius 1 is 1.17 bits per heavy atom. The third kappa shape index (κ3) is 3.60. The summed E-state index contributed by atoms with van der Waals surface area (Å²) in [5, 5.41) is 0. The van der Waals surface area contributed by atoms with E-state index in [1.54, 1.807) is 0 Å². The zero-order valence-electron chi connectivity index (χ0n) is 8.35. The van der Waals surface area contributed by atoms with Crippen molar-refractivity contribution >= 4 is 7.85 Å². The van der Waals surface area contributed by atoms with E-state index in [-0.39, 0.29) is 0 Å². The van der Waals surface area contributed by atoms with Crippen LogP contribution in [0.15, 0.2) is 0 Å². The summed E-state index contributed by atoms with van der Waals surface area (Å²) < 4.78 is 13.2. The monoisotopic (exact) mass is 170 g/mol. The van der Waals surface area contributed by atoms with Gasteiger partial charge in [0.25, 0.3) is 0 Å². The Morgan fingerprint density at radius 2 is 1.92 bits per heavy atom. The first-order chi connectivity index (χ1) is 5.68. The van der Waals surface area contributed by atoms with Crippen LogP contribution in [0.1, 0.15) is 45.4 Å². The van der Waals surface area contributed by atoms with Crippen LogP contribution in [0.5, 0.6) is 0 Å². The molecule has 0 aliphatic heterocycles. The van der Waals surface area contributed by atoms with Gasteiger partial charge in [0.1, 0.15) is 14.0 Å². The van der Waals surface area contributed by atoms with E-state index in [2.05, 4.69) is 14.8 Å². The molecule has 1 rings (SSSR count). The van der Waals surface area contributed by atoms with Crippen molar-refractivity contribution in [2.45, 2.75) is 57.4 Å². The molecule has 0 N–H and O–H groups in total. The molecule has 0 radical (unpaired) electrons. The lowest BCUT2D eigenvalue weighted by Crippen LogP contribution is -2.05. The first-order valence-electron chi connectivity index (χ1n) is 5.32. The molecule has 3 atom stereocenters. The smallest absolute Gasteiger partial charge is 0.105 e. The van der Waals surface area contributed by atoms with E-state index in [9.17, 15) is 4.39 Å². The molecule has 1 aliphatic carbocycles. The standard InChI is InChI=1S/C10H20BF/c1-8-5-6-9(11)3-2-4-10(12)7-8/h8-10H,2-7,11H2,1H3. The van der Waals surface area contributed by atoms with Gasteiger partial charge in [-0.3, -0.25) is 0 Å². The van der Waals surface area contributed by atoms with Crippen LogP contribution in [0, 0.1) is 5.92 Å². The quantitative estimate of drug-likeness (QED) is 0.490. The Labute approximate surface area is 76.3 Å². The minimum absolute atomic E-state index is 0.523. The van der Waals surface area contributed by atoms with Gasteiger partial charge >= 0.3 is 0 Å². The number of rotatable bonds is 0. The molecule has 2 heteroatoms. The summed E-state index contributed by atoms with van der Waals surface area (Å²) in [5.74, 6) is 1.42. The van der Waals surface area contributed by atoms with Crippen molar-refractivity contribution in [1.82, 2.24) is 0 Å². The highest BCUT2D eigenvalue weighted by atomic mass is 19.1. The molecule has 70 valence electrons. The van der Waals surface area contributed by atoms with Gasteiger partial charge in [-0.15, -0.1) is 0 Å². The van der Waals surface area contributed by atoms with Crippen molar-refractivity contribution in [2.24, 2.45) is 5.92 Å². The van der Waals surface area contributed by atoms with Crippen molar-refractivity contribution in [3.8, 4) is 0 Å². The van der Waals surface area contributed by atoms with Gasteiger partial charge in [0, 0.05) is 0 Å². The van der Waals surface area contributed by atoms with E-state index >= 15 is 0 Å². The van der Waals surface area contributed by atoms with E-state index < -0.39 is 6.17 Å². The van der Waals surface area contributed by atoms with Crippen molar-refractivity contribution in [3.63, 3.8) is 0 Å². The van der Waals surface area contributed by atoms with Crippen molar-refractivity contribution in [1.29, 1.82) is 0 Å². The fourth-order valence-corrected chi connectivity index (χ4v) is 2.07. The molecule has 1 fully saturated rings. The highest BCUT2D eigenvalue weighted by Gasteiger charge is 2.16. The SMILES string of the molecule is BC1CCCC(F)CC(C)CC1. The van der Waals surface area contributed by atoms with Crippen LogP contribution in [-0.4, -0.2) is 14.0 Å². The van der Waals surface area contributed by atoms with E-state index in [1.807, 2.05) is 0 Å². The molecule has 0 aromatic heterocycles. The molecular weight excluding hydrogens is 150 g/mol. The molecule has 1 aliphatic rings. The maximum Gasteiger partial charge on any atom is 0.105 e. The maximum absolute atomic E-state index is 13.2. The summed E-state index contributed by atoms with van der Waals surface area (Å²) in [6, 6.07) is 0. The second-order valence-corrected chi connectivity index (χ2v) is 4.55. The van der Waals surface area contributed by atoms with E-state index in [0.29, 0.717) is 5.92 Å². The highest BCUT2D eigenvalue weighted by Crippen LogP contribution is 2.27. The summed E-state index contributed by atoms with van der Waals surface area (Å²) in [6.45, 7) is 2.19. The lowest BCUT2D eigenvalue weighted by molar-refractivity contribution is 0.256. The minimum atomic E-state index is -0.523. The fraction of sp³-hybridized carbons (Fsp3) is 1.00. The van der Waals surface area contributed by atoms with E-state index in [0.717, 1.165) is 25.1 Å². The maximum atomic E-state index is 13.2. The Morgan fingerprint density at radius 3 is 2.67 bits per heavy atom. The summed E-state index contributed by atoms with van der Waals surface area (Å²) >= 11 is 0. The van der Waals surface area contributed by atoms with Gasteiger partial charge in [-0.2, -0.15) is 0 Å². The third-order valence-electron chi connectivity index (χ3n) is 3.02. The predicted molar refractivity (Wildman–Crippen MR) is 54.1 cm³/mol. The molecule has 12 heavy (non-hydrogen) atoms. The summed E-state index contributed by atoms with van der Waals surface area (Å²) in [6.07, 6.45) is 5.92. The summed E-state index contributed by atoms with van der Waals surface area (Å²) in [5.41, 5.74) is 0. The van der Waals surface area contributed by atoms with Gasteiger partial charge in [-0.1, -0.05) is 38.4 Å². The molecule has 1 saturated carbocycles. The van der Waals surface area contributed by atoms with Crippen LogP contribution in [0.2, 0.25) is 5.82 Å². The number of alkyl halides is 1. The van der Waals surface area contributed by atoms with Gasteiger partial charge in [0.05, 0.1) is 0 Å². The van der Waals surface area contributed by atoms with Crippen LogP contribution in [0.4, 0.5) is 4.39 Å². The lowest BCUT2D eigenvalue weighted by atomic mass is 9.79. The average molecular weight is 170 g/mol. The summed E-state index contributed by atoms with van der Waals surface area (Å²) in [7, 11) is 2.30. The van der Waals surface area contributed by atoms with E-state index in [1.165, 1.54) is 19.3 Å². The molecule has 0 heterocycles. The van der Waals surface area contributed by atoms with Crippen LogP contribution < -0.4 is 0 Å². The van der Waals surface area contributed by atoms with Crippen LogP contribution in [0.25, 0.3) is 0 Å². The normalized spacial score (nSPS) is 39.7. The van der Waals surface area contributed by atoms with Crippen molar-refractivity contribution < 1.29 is 4.39 Å². The summed E-state index contributed by atoms with van der Waals surface area (Å²) in [4.78, 5) is 0. The average Bonchev–Trinajstić information content (AvgIpc) is 2.05. The number of halogens is 1. The first kappa shape index (κ1) is 10.1. The number of hydrogen-bond donors (Lipinski definition) is 0. The number of hydrogen-bond acceptors (Lipinski definition) is 0. The molecule has 0 saturated heterocycles. The van der Waals surface area contributed by atoms with Gasteiger partial charge in [-0.25, -0.2) is 4.39 Å². The second-order valence-electron chi connectivity index (χ2n) is 4.55. The highest BCUT2D eigenvalue weighted by molar-refractivity contribution is 6.11. The zero-order valence-corrected chi connectivity index (χ0v) is 8.35. The Balaban J connectivity index is 2.36. The molecule has 0 amide bonds. The zero-order chi connectivity index (χ0) is 8.97. The Bertz CT molecular complexity index is 127. The minimum Gasteiger partial charge on any atom is -0.247 e. The van der Waals surface area contributed by atoms with E-state index in [4.69, 9.17) is 0 Å². The first-order valence-corrected chi connectivity index (χ1v) is 5.32. The molecular formula is C10H20BF. The molecule has 0 aromatic rings. The van der Waals surface area contributed by atoms with Crippen molar-refractivity contribution in [2.75, 3.05) is 0 Å². The molecule has 0 aromatic carbocycles. The predicted octanol–water partition coefficient (Wildman–Crippen LogP) is 2.74. The second kappa shape index (κ2) is 4.88. The molecule has 0 bridgehead atoms. The van der Waals surface area contributed by atoms with Crippen LogP contribution >= 0.6 is 0 Å². The lowest BCUT2D eigenvalue weighted by Gasteiger charge is -2.12. The fourth-order valence-electron chi connectivity index (χ4n) is 2.07. The third-order valence-corrected chi connectivity index (χ3v) is 3.02. The van der Waals surface area contributed by atoms with Crippen molar-refractivity contribution in [3.05, 3.63) is 0 Å². The van der Waals surface area contributed by atoms with Crippen LogP contribution in [0.3, 0.4) is 0 Å². The van der Waals surface area contributed by atoms with Crippen LogP contribution in [-0.2, 0) is 0 Å². The molecule has 0 nitrogen and oxygen atoms in total. The molecule has 3 unspecified atom stereocenters. The van der Waals surface area contributed by atoms with Gasteiger partial charge in [-0.05, 0) is 18.8 Å². The molecule has 0 spiro atoms.